The number of methoxy groups -OCH3 is 1. The first kappa shape index (κ1) is 16.3. The van der Waals surface area contributed by atoms with Gasteiger partial charge < -0.3 is 19.9 Å². The Kier molecular flexibility index (Phi) is 6.87. The number of carboxylic acid groups (broad SMARTS) is 1. The maximum Gasteiger partial charge on any atom is 0.344 e. The second kappa shape index (κ2) is 8.43. The summed E-state index contributed by atoms with van der Waals surface area (Å²) in [5.74, 6) is 0.0965. The minimum Gasteiger partial charge on any atom is -0.493 e. The molecule has 5 heteroatoms. The molecule has 112 valence electrons. The topological polar surface area (TPSA) is 67.8 Å². The zero-order valence-corrected chi connectivity index (χ0v) is 12.3. The van der Waals surface area contributed by atoms with Gasteiger partial charge in [0, 0.05) is 12.1 Å². The number of rotatable bonds is 9. The molecule has 0 saturated heterocycles. The summed E-state index contributed by atoms with van der Waals surface area (Å²) < 4.78 is 10.9. The van der Waals surface area contributed by atoms with Gasteiger partial charge in [0.2, 0.25) is 0 Å². The molecule has 0 aromatic heterocycles. The predicted molar refractivity (Wildman–Crippen MR) is 77.3 cm³/mol. The molecule has 1 unspecified atom stereocenters. The molecule has 0 heterocycles. The van der Waals surface area contributed by atoms with Gasteiger partial charge in [0.05, 0.1) is 7.11 Å². The van der Waals surface area contributed by atoms with Gasteiger partial charge in [0.25, 0.3) is 0 Å². The average molecular weight is 281 g/mol. The van der Waals surface area contributed by atoms with Gasteiger partial charge in [-0.1, -0.05) is 26.0 Å². The molecule has 0 aliphatic carbocycles. The van der Waals surface area contributed by atoms with Crippen LogP contribution < -0.4 is 14.8 Å². The van der Waals surface area contributed by atoms with Gasteiger partial charge in [-0.15, -0.1) is 0 Å². The van der Waals surface area contributed by atoms with E-state index in [1.54, 1.807) is 20.1 Å². The molecule has 20 heavy (non-hydrogen) atoms. The molecule has 1 aromatic rings. The van der Waals surface area contributed by atoms with Gasteiger partial charge in [-0.3, -0.25) is 0 Å². The summed E-state index contributed by atoms with van der Waals surface area (Å²) in [7, 11) is 1.55. The number of nitrogens with one attached hydrogen (secondary N) is 1. The van der Waals surface area contributed by atoms with Crippen molar-refractivity contribution in [2.75, 3.05) is 13.7 Å². The summed E-state index contributed by atoms with van der Waals surface area (Å²) >= 11 is 0. The normalized spacial score (nSPS) is 11.9. The van der Waals surface area contributed by atoms with Crippen LogP contribution in [-0.4, -0.2) is 30.8 Å². The lowest BCUT2D eigenvalue weighted by Gasteiger charge is -2.19. The van der Waals surface area contributed by atoms with Crippen molar-refractivity contribution < 1.29 is 19.4 Å². The molecular formula is C15H23NO4. The smallest absolute Gasteiger partial charge is 0.344 e. The summed E-state index contributed by atoms with van der Waals surface area (Å²) in [6, 6.07) is 5.55. The number of hydrogen-bond acceptors (Lipinski definition) is 4. The van der Waals surface area contributed by atoms with Crippen molar-refractivity contribution in [2.45, 2.75) is 39.3 Å². The Morgan fingerprint density at radius 1 is 1.40 bits per heavy atom. The van der Waals surface area contributed by atoms with Crippen molar-refractivity contribution in [1.82, 2.24) is 5.32 Å². The SMILES string of the molecule is CCCNCc1cccc(OC)c1OC(CC)C(=O)O. The highest BCUT2D eigenvalue weighted by Gasteiger charge is 2.21. The Hall–Kier alpha value is -1.75. The fraction of sp³-hybridized carbons (Fsp3) is 0.533. The molecule has 0 bridgehead atoms. The van der Waals surface area contributed by atoms with E-state index >= 15 is 0 Å². The van der Waals surface area contributed by atoms with Crippen molar-refractivity contribution in [3.05, 3.63) is 23.8 Å². The molecular weight excluding hydrogens is 258 g/mol. The van der Waals surface area contributed by atoms with E-state index in [0.29, 0.717) is 24.5 Å². The minimum atomic E-state index is -0.967. The van der Waals surface area contributed by atoms with Gasteiger partial charge in [0.15, 0.2) is 17.6 Å². The minimum absolute atomic E-state index is 0.398. The maximum atomic E-state index is 11.1. The Balaban J connectivity index is 2.96. The highest BCUT2D eigenvalue weighted by atomic mass is 16.5. The third kappa shape index (κ3) is 4.42. The number of hydrogen-bond donors (Lipinski definition) is 2. The van der Waals surface area contributed by atoms with Crippen molar-refractivity contribution >= 4 is 5.97 Å². The number of carbonyl (C=O) groups is 1. The van der Waals surface area contributed by atoms with Crippen LogP contribution in [0.3, 0.4) is 0 Å². The molecule has 0 spiro atoms. The van der Waals surface area contributed by atoms with Crippen LogP contribution >= 0.6 is 0 Å². The monoisotopic (exact) mass is 281 g/mol. The van der Waals surface area contributed by atoms with E-state index < -0.39 is 12.1 Å². The second-order valence-electron chi connectivity index (χ2n) is 4.48. The standard InChI is InChI=1S/C15H23NO4/c1-4-9-16-10-11-7-6-8-13(19-3)14(11)20-12(5-2)15(17)18/h6-8,12,16H,4-5,9-10H2,1-3H3,(H,17,18). The molecule has 0 aliphatic heterocycles. The fourth-order valence-electron chi connectivity index (χ4n) is 1.85. The van der Waals surface area contributed by atoms with Crippen LogP contribution in [0.25, 0.3) is 0 Å². The lowest BCUT2D eigenvalue weighted by atomic mass is 10.1. The zero-order valence-electron chi connectivity index (χ0n) is 12.3. The quantitative estimate of drug-likeness (QED) is 0.680. The van der Waals surface area contributed by atoms with Crippen LogP contribution in [0, 0.1) is 0 Å². The fourth-order valence-corrected chi connectivity index (χ4v) is 1.85. The third-order valence-electron chi connectivity index (χ3n) is 2.93. The van der Waals surface area contributed by atoms with E-state index in [0.717, 1.165) is 18.5 Å². The highest BCUT2D eigenvalue weighted by molar-refractivity contribution is 5.73. The van der Waals surface area contributed by atoms with Crippen LogP contribution in [0.5, 0.6) is 11.5 Å². The number of aliphatic carboxylic acids is 1. The Bertz CT molecular complexity index is 434. The van der Waals surface area contributed by atoms with Crippen molar-refractivity contribution in [1.29, 1.82) is 0 Å². The second-order valence-corrected chi connectivity index (χ2v) is 4.48. The first-order chi connectivity index (χ1) is 9.63. The first-order valence-corrected chi connectivity index (χ1v) is 6.90. The van der Waals surface area contributed by atoms with Crippen LogP contribution in [-0.2, 0) is 11.3 Å². The zero-order chi connectivity index (χ0) is 15.0. The lowest BCUT2D eigenvalue weighted by molar-refractivity contribution is -0.145. The third-order valence-corrected chi connectivity index (χ3v) is 2.93. The maximum absolute atomic E-state index is 11.1. The van der Waals surface area contributed by atoms with Gasteiger partial charge in [-0.05, 0) is 25.5 Å². The van der Waals surface area contributed by atoms with Gasteiger partial charge in [0.1, 0.15) is 0 Å². The molecule has 1 rings (SSSR count). The number of ether oxygens (including phenoxy) is 2. The van der Waals surface area contributed by atoms with Crippen LogP contribution in [0.15, 0.2) is 18.2 Å². The summed E-state index contributed by atoms with van der Waals surface area (Å²) in [6.45, 7) is 5.39. The van der Waals surface area contributed by atoms with Crippen LogP contribution in [0.4, 0.5) is 0 Å². The molecule has 0 aliphatic rings. The van der Waals surface area contributed by atoms with Gasteiger partial charge >= 0.3 is 5.97 Å². The van der Waals surface area contributed by atoms with Gasteiger partial charge in [-0.25, -0.2) is 4.79 Å². The highest BCUT2D eigenvalue weighted by Crippen LogP contribution is 2.32. The van der Waals surface area contributed by atoms with E-state index in [2.05, 4.69) is 12.2 Å². The Morgan fingerprint density at radius 3 is 2.70 bits per heavy atom. The number of benzene rings is 1. The van der Waals surface area contributed by atoms with E-state index in [1.165, 1.54) is 0 Å². The van der Waals surface area contributed by atoms with Crippen LogP contribution in [0.2, 0.25) is 0 Å². The molecule has 0 amide bonds. The molecule has 2 N–H and O–H groups in total. The summed E-state index contributed by atoms with van der Waals surface area (Å²) in [5.41, 5.74) is 0.900. The van der Waals surface area contributed by atoms with Gasteiger partial charge in [-0.2, -0.15) is 0 Å². The summed E-state index contributed by atoms with van der Waals surface area (Å²) in [5, 5.41) is 12.4. The van der Waals surface area contributed by atoms with E-state index in [1.807, 2.05) is 12.1 Å². The van der Waals surface area contributed by atoms with Crippen molar-refractivity contribution in [3.8, 4) is 11.5 Å². The molecule has 0 fully saturated rings. The van der Waals surface area contributed by atoms with E-state index in [-0.39, 0.29) is 0 Å². The molecule has 1 aromatic carbocycles. The molecule has 0 saturated carbocycles. The van der Waals surface area contributed by atoms with Crippen LogP contribution in [0.1, 0.15) is 32.3 Å². The molecule has 5 nitrogen and oxygen atoms in total. The molecule has 1 atom stereocenters. The number of para-hydroxylation sites is 1. The average Bonchev–Trinajstić information content (AvgIpc) is 2.45. The van der Waals surface area contributed by atoms with E-state index in [9.17, 15) is 4.79 Å². The first-order valence-electron chi connectivity index (χ1n) is 6.90. The van der Waals surface area contributed by atoms with E-state index in [4.69, 9.17) is 14.6 Å². The predicted octanol–water partition coefficient (Wildman–Crippen LogP) is 2.44. The van der Waals surface area contributed by atoms with Crippen molar-refractivity contribution in [3.63, 3.8) is 0 Å². The number of carboxylic acids is 1. The summed E-state index contributed by atoms with van der Waals surface area (Å²) in [4.78, 5) is 11.1. The Morgan fingerprint density at radius 2 is 2.15 bits per heavy atom. The molecule has 0 radical (unpaired) electrons. The lowest BCUT2D eigenvalue weighted by Crippen LogP contribution is -2.27. The largest absolute Gasteiger partial charge is 0.493 e. The summed E-state index contributed by atoms with van der Waals surface area (Å²) in [6.07, 6.45) is 0.568. The Labute approximate surface area is 119 Å². The van der Waals surface area contributed by atoms with Crippen molar-refractivity contribution in [2.24, 2.45) is 0 Å².